The highest BCUT2D eigenvalue weighted by molar-refractivity contribution is 6.30. The maximum atomic E-state index is 13.4. The standard InChI is InChI=1S/C30H30ClN3O3/c1-19(2)27(30(37)34-15-13-21(14-16-34)20-9-11-26(31)12-10-20)33-29(36)25-8-4-6-23(18-25)22-5-3-7-24(17-22)28(32)35/h3-12,17-18,21,27H,1,13-16H2,2H3,(H2,32,35)(H,33,36)/t27-/m1/s1. The highest BCUT2D eigenvalue weighted by Crippen LogP contribution is 2.29. The van der Waals surface area contributed by atoms with Crippen LogP contribution in [0.4, 0.5) is 0 Å². The minimum Gasteiger partial charge on any atom is -0.366 e. The Bertz CT molecular complexity index is 1330. The van der Waals surface area contributed by atoms with E-state index in [4.69, 9.17) is 17.3 Å². The summed E-state index contributed by atoms with van der Waals surface area (Å²) < 4.78 is 0. The summed E-state index contributed by atoms with van der Waals surface area (Å²) in [6.07, 6.45) is 1.69. The molecule has 37 heavy (non-hydrogen) atoms. The lowest BCUT2D eigenvalue weighted by atomic mass is 9.89. The number of nitrogens with two attached hydrogens (primary N) is 1. The summed E-state index contributed by atoms with van der Waals surface area (Å²) in [7, 11) is 0. The zero-order valence-electron chi connectivity index (χ0n) is 20.7. The molecule has 0 aliphatic carbocycles. The van der Waals surface area contributed by atoms with E-state index in [1.807, 2.05) is 36.4 Å². The minimum atomic E-state index is -0.818. The molecule has 1 saturated heterocycles. The van der Waals surface area contributed by atoms with Crippen LogP contribution in [0.15, 0.2) is 84.9 Å². The Morgan fingerprint density at radius 1 is 0.946 bits per heavy atom. The van der Waals surface area contributed by atoms with Crippen molar-refractivity contribution in [1.82, 2.24) is 10.2 Å². The fraction of sp³-hybridized carbons (Fsp3) is 0.233. The van der Waals surface area contributed by atoms with Crippen molar-refractivity contribution in [2.24, 2.45) is 5.73 Å². The summed E-state index contributed by atoms with van der Waals surface area (Å²) >= 11 is 6.01. The molecule has 3 amide bonds. The molecule has 7 heteroatoms. The molecule has 0 radical (unpaired) electrons. The van der Waals surface area contributed by atoms with E-state index >= 15 is 0 Å². The minimum absolute atomic E-state index is 0.152. The number of carbonyl (C=O) groups excluding carboxylic acids is 3. The molecule has 0 saturated carbocycles. The molecule has 6 nitrogen and oxygen atoms in total. The maximum Gasteiger partial charge on any atom is 0.252 e. The predicted molar refractivity (Wildman–Crippen MR) is 146 cm³/mol. The van der Waals surface area contributed by atoms with Gasteiger partial charge in [0.15, 0.2) is 0 Å². The molecular formula is C30H30ClN3O3. The topological polar surface area (TPSA) is 92.5 Å². The van der Waals surface area contributed by atoms with E-state index in [9.17, 15) is 14.4 Å². The Morgan fingerprint density at radius 2 is 1.51 bits per heavy atom. The van der Waals surface area contributed by atoms with Crippen LogP contribution in [-0.2, 0) is 4.79 Å². The Kier molecular flexibility index (Phi) is 8.09. The number of nitrogens with one attached hydrogen (secondary N) is 1. The molecule has 3 aromatic rings. The molecule has 4 rings (SSSR count). The molecule has 1 aliphatic heterocycles. The van der Waals surface area contributed by atoms with Crippen LogP contribution in [0.25, 0.3) is 11.1 Å². The van der Waals surface area contributed by atoms with E-state index in [0.29, 0.717) is 40.7 Å². The van der Waals surface area contributed by atoms with Crippen LogP contribution in [0, 0.1) is 0 Å². The van der Waals surface area contributed by atoms with E-state index in [2.05, 4.69) is 11.9 Å². The summed E-state index contributed by atoms with van der Waals surface area (Å²) in [5, 5.41) is 3.58. The second-order valence-electron chi connectivity index (χ2n) is 9.43. The average Bonchev–Trinajstić information content (AvgIpc) is 2.91. The number of rotatable bonds is 7. The third-order valence-corrected chi connectivity index (χ3v) is 7.02. The van der Waals surface area contributed by atoms with Gasteiger partial charge < -0.3 is 16.0 Å². The number of piperidine rings is 1. The molecule has 1 aliphatic rings. The van der Waals surface area contributed by atoms with Gasteiger partial charge in [0.05, 0.1) is 0 Å². The normalized spacial score (nSPS) is 14.6. The van der Waals surface area contributed by atoms with E-state index in [0.717, 1.165) is 24.0 Å². The largest absolute Gasteiger partial charge is 0.366 e. The first-order chi connectivity index (χ1) is 17.7. The molecule has 1 atom stereocenters. The van der Waals surface area contributed by atoms with Crippen LogP contribution >= 0.6 is 11.6 Å². The fourth-order valence-electron chi connectivity index (χ4n) is 4.65. The van der Waals surface area contributed by atoms with Crippen molar-refractivity contribution < 1.29 is 14.4 Å². The van der Waals surface area contributed by atoms with Crippen LogP contribution in [0.3, 0.4) is 0 Å². The van der Waals surface area contributed by atoms with Gasteiger partial charge in [0.25, 0.3) is 5.91 Å². The van der Waals surface area contributed by atoms with Crippen molar-refractivity contribution in [2.75, 3.05) is 13.1 Å². The van der Waals surface area contributed by atoms with Crippen LogP contribution in [0.5, 0.6) is 0 Å². The Balaban J connectivity index is 1.44. The number of nitrogens with zero attached hydrogens (tertiary/aromatic N) is 1. The van der Waals surface area contributed by atoms with Crippen LogP contribution in [0.1, 0.15) is 52.0 Å². The first-order valence-electron chi connectivity index (χ1n) is 12.2. The maximum absolute atomic E-state index is 13.4. The van der Waals surface area contributed by atoms with E-state index in [1.54, 1.807) is 48.2 Å². The molecule has 0 aromatic heterocycles. The van der Waals surface area contributed by atoms with Gasteiger partial charge in [-0.15, -0.1) is 0 Å². The lowest BCUT2D eigenvalue weighted by Gasteiger charge is -2.34. The summed E-state index contributed by atoms with van der Waals surface area (Å²) in [6, 6.07) is 21.0. The van der Waals surface area contributed by atoms with Crippen LogP contribution in [-0.4, -0.2) is 41.8 Å². The highest BCUT2D eigenvalue weighted by Gasteiger charge is 2.30. The molecule has 190 valence electrons. The van der Waals surface area contributed by atoms with Gasteiger partial charge in [0, 0.05) is 29.2 Å². The van der Waals surface area contributed by atoms with Crippen molar-refractivity contribution in [2.45, 2.75) is 31.7 Å². The van der Waals surface area contributed by atoms with Crippen molar-refractivity contribution >= 4 is 29.3 Å². The summed E-state index contributed by atoms with van der Waals surface area (Å²) in [5.41, 5.74) is 9.52. The first kappa shape index (κ1) is 26.2. The molecule has 3 N–H and O–H groups in total. The van der Waals surface area contributed by atoms with Gasteiger partial charge in [0.1, 0.15) is 6.04 Å². The third kappa shape index (κ3) is 6.27. The molecular weight excluding hydrogens is 486 g/mol. The number of likely N-dealkylation sites (tertiary alicyclic amines) is 1. The predicted octanol–water partition coefficient (Wildman–Crippen LogP) is 5.19. The Morgan fingerprint density at radius 3 is 2.08 bits per heavy atom. The fourth-order valence-corrected chi connectivity index (χ4v) is 4.78. The Labute approximate surface area is 222 Å². The zero-order valence-corrected chi connectivity index (χ0v) is 21.5. The van der Waals surface area contributed by atoms with Gasteiger partial charge >= 0.3 is 0 Å². The highest BCUT2D eigenvalue weighted by atomic mass is 35.5. The van der Waals surface area contributed by atoms with Gasteiger partial charge in [-0.05, 0) is 84.3 Å². The van der Waals surface area contributed by atoms with Crippen LogP contribution in [0.2, 0.25) is 5.02 Å². The van der Waals surface area contributed by atoms with Crippen molar-refractivity contribution in [3.63, 3.8) is 0 Å². The zero-order chi connectivity index (χ0) is 26.5. The number of halogens is 1. The lowest BCUT2D eigenvalue weighted by molar-refractivity contribution is -0.133. The second kappa shape index (κ2) is 11.4. The SMILES string of the molecule is C=C(C)[C@@H](NC(=O)c1cccc(-c2cccc(C(N)=O)c2)c1)C(=O)N1CCC(c2ccc(Cl)cc2)CC1. The monoisotopic (exact) mass is 515 g/mol. The van der Waals surface area contributed by atoms with Gasteiger partial charge in [-0.2, -0.15) is 0 Å². The second-order valence-corrected chi connectivity index (χ2v) is 9.87. The molecule has 3 aromatic carbocycles. The van der Waals surface area contributed by atoms with E-state index in [1.165, 1.54) is 5.56 Å². The number of carbonyl (C=O) groups is 3. The first-order valence-corrected chi connectivity index (χ1v) is 12.6. The van der Waals surface area contributed by atoms with Gasteiger partial charge in [0.2, 0.25) is 11.8 Å². The molecule has 0 bridgehead atoms. The van der Waals surface area contributed by atoms with Gasteiger partial charge in [-0.3, -0.25) is 14.4 Å². The number of amides is 3. The van der Waals surface area contributed by atoms with Gasteiger partial charge in [-0.25, -0.2) is 0 Å². The van der Waals surface area contributed by atoms with Crippen molar-refractivity contribution in [1.29, 1.82) is 0 Å². The molecule has 1 heterocycles. The average molecular weight is 516 g/mol. The smallest absolute Gasteiger partial charge is 0.252 e. The van der Waals surface area contributed by atoms with Crippen molar-refractivity contribution in [3.8, 4) is 11.1 Å². The molecule has 0 spiro atoms. The number of hydrogen-bond donors (Lipinski definition) is 2. The van der Waals surface area contributed by atoms with Gasteiger partial charge in [-0.1, -0.05) is 54.6 Å². The lowest BCUT2D eigenvalue weighted by Crippen LogP contribution is -2.51. The van der Waals surface area contributed by atoms with Crippen LogP contribution < -0.4 is 11.1 Å². The molecule has 1 fully saturated rings. The Hall–Kier alpha value is -3.90. The summed E-state index contributed by atoms with van der Waals surface area (Å²) in [6.45, 7) is 6.92. The van der Waals surface area contributed by atoms with E-state index in [-0.39, 0.29) is 11.8 Å². The summed E-state index contributed by atoms with van der Waals surface area (Å²) in [4.78, 5) is 39.9. The third-order valence-electron chi connectivity index (χ3n) is 6.77. The van der Waals surface area contributed by atoms with Crippen molar-refractivity contribution in [3.05, 3.63) is 107 Å². The molecule has 0 unspecified atom stereocenters. The number of benzene rings is 3. The van der Waals surface area contributed by atoms with E-state index < -0.39 is 11.9 Å². The quantitative estimate of drug-likeness (QED) is 0.424. The number of hydrogen-bond acceptors (Lipinski definition) is 3. The number of primary amides is 1. The summed E-state index contributed by atoms with van der Waals surface area (Å²) in [5.74, 6) is -0.670.